The number of halogens is 2. The van der Waals surface area contributed by atoms with Crippen LogP contribution >= 0.6 is 39.3 Å². The lowest BCUT2D eigenvalue weighted by Crippen LogP contribution is -1.92. The highest BCUT2D eigenvalue weighted by Crippen LogP contribution is 2.21. The topological polar surface area (TPSA) is 43.1 Å². The Labute approximate surface area is 151 Å². The smallest absolute Gasteiger partial charge is 0.195 e. The molecule has 0 spiro atoms. The third-order valence-corrected chi connectivity index (χ3v) is 4.71. The average Bonchev–Trinajstić information content (AvgIpc) is 3.00. The van der Waals surface area contributed by atoms with Crippen molar-refractivity contribution in [2.45, 2.75) is 10.9 Å². The molecule has 116 valence electrons. The van der Waals surface area contributed by atoms with Crippen LogP contribution in [0.1, 0.15) is 11.1 Å². The second-order valence-electron chi connectivity index (χ2n) is 4.67. The fourth-order valence-electron chi connectivity index (χ4n) is 1.84. The van der Waals surface area contributed by atoms with Gasteiger partial charge in [0.05, 0.1) is 6.21 Å². The normalized spacial score (nSPS) is 11.2. The van der Waals surface area contributed by atoms with Gasteiger partial charge in [-0.1, -0.05) is 63.6 Å². The monoisotopic (exact) mass is 406 g/mol. The van der Waals surface area contributed by atoms with E-state index in [-0.39, 0.29) is 0 Å². The molecule has 0 atom stereocenters. The van der Waals surface area contributed by atoms with Gasteiger partial charge in [0.1, 0.15) is 6.33 Å². The summed E-state index contributed by atoms with van der Waals surface area (Å²) in [7, 11) is 0. The largest absolute Gasteiger partial charge is 0.212 e. The first kappa shape index (κ1) is 16.2. The standard InChI is InChI=1S/C16H12BrClN4S/c17-14-3-1-2-13(8-14)9-20-22-11-19-21-16(22)23-10-12-4-6-15(18)7-5-12/h1-9,11H,10H2/b20-9-. The molecule has 0 bridgehead atoms. The molecule has 0 N–H and O–H groups in total. The van der Waals surface area contributed by atoms with E-state index in [9.17, 15) is 0 Å². The quantitative estimate of drug-likeness (QED) is 0.448. The molecular formula is C16H12BrClN4S. The van der Waals surface area contributed by atoms with E-state index in [1.54, 1.807) is 29.0 Å². The minimum absolute atomic E-state index is 0.737. The van der Waals surface area contributed by atoms with Crippen LogP contribution in [0.2, 0.25) is 5.02 Å². The maximum atomic E-state index is 5.89. The molecule has 0 saturated heterocycles. The molecule has 0 saturated carbocycles. The molecule has 0 aliphatic heterocycles. The summed E-state index contributed by atoms with van der Waals surface area (Å²) in [5.74, 6) is 0.780. The molecule has 2 aromatic carbocycles. The van der Waals surface area contributed by atoms with E-state index in [4.69, 9.17) is 11.6 Å². The van der Waals surface area contributed by atoms with Crippen molar-refractivity contribution in [2.24, 2.45) is 5.10 Å². The highest BCUT2D eigenvalue weighted by Gasteiger charge is 2.04. The molecule has 0 radical (unpaired) electrons. The molecule has 1 aromatic heterocycles. The molecule has 3 rings (SSSR count). The lowest BCUT2D eigenvalue weighted by Gasteiger charge is -2.01. The lowest BCUT2D eigenvalue weighted by molar-refractivity contribution is 0.767. The molecule has 0 aliphatic carbocycles. The lowest BCUT2D eigenvalue weighted by atomic mass is 10.2. The van der Waals surface area contributed by atoms with E-state index in [0.717, 1.165) is 26.0 Å². The molecule has 4 nitrogen and oxygen atoms in total. The fraction of sp³-hybridized carbons (Fsp3) is 0.0625. The molecular weight excluding hydrogens is 396 g/mol. The number of aromatic nitrogens is 3. The van der Waals surface area contributed by atoms with Crippen LogP contribution in [0, 0.1) is 0 Å². The summed E-state index contributed by atoms with van der Waals surface area (Å²) < 4.78 is 2.68. The van der Waals surface area contributed by atoms with Gasteiger partial charge in [0.15, 0.2) is 0 Å². The molecule has 0 unspecified atom stereocenters. The summed E-state index contributed by atoms with van der Waals surface area (Å²) in [6.07, 6.45) is 3.37. The molecule has 0 fully saturated rings. The second-order valence-corrected chi connectivity index (χ2v) is 6.97. The Morgan fingerprint density at radius 2 is 2.04 bits per heavy atom. The predicted octanol–water partition coefficient (Wildman–Crippen LogP) is 4.87. The van der Waals surface area contributed by atoms with E-state index in [0.29, 0.717) is 0 Å². The van der Waals surface area contributed by atoms with Crippen molar-refractivity contribution >= 4 is 45.5 Å². The van der Waals surface area contributed by atoms with Crippen LogP contribution in [-0.2, 0) is 5.75 Å². The zero-order valence-electron chi connectivity index (χ0n) is 11.9. The number of benzene rings is 2. The Hall–Kier alpha value is -1.63. The number of rotatable bonds is 5. The SMILES string of the molecule is Clc1ccc(CSc2nncn2/N=C\c2cccc(Br)c2)cc1. The van der Waals surface area contributed by atoms with Gasteiger partial charge in [-0.15, -0.1) is 10.2 Å². The molecule has 7 heteroatoms. The first-order chi connectivity index (χ1) is 11.2. The fourth-order valence-corrected chi connectivity index (χ4v) is 3.20. The van der Waals surface area contributed by atoms with Crippen molar-refractivity contribution in [3.8, 4) is 0 Å². The molecule has 0 aliphatic rings. The summed E-state index contributed by atoms with van der Waals surface area (Å²) in [6, 6.07) is 15.7. The van der Waals surface area contributed by atoms with E-state index < -0.39 is 0 Å². The molecule has 0 amide bonds. The van der Waals surface area contributed by atoms with Gasteiger partial charge in [-0.05, 0) is 35.4 Å². The van der Waals surface area contributed by atoms with Crippen molar-refractivity contribution in [1.82, 2.24) is 14.9 Å². The van der Waals surface area contributed by atoms with Crippen LogP contribution in [0.4, 0.5) is 0 Å². The van der Waals surface area contributed by atoms with Gasteiger partial charge in [-0.3, -0.25) is 0 Å². The van der Waals surface area contributed by atoms with Gasteiger partial charge < -0.3 is 0 Å². The first-order valence-electron chi connectivity index (χ1n) is 6.78. The summed E-state index contributed by atoms with van der Waals surface area (Å²) >= 11 is 10.9. The minimum Gasteiger partial charge on any atom is -0.195 e. The Balaban J connectivity index is 1.68. The number of thioether (sulfide) groups is 1. The van der Waals surface area contributed by atoms with Crippen LogP contribution in [0.3, 0.4) is 0 Å². The van der Waals surface area contributed by atoms with Crippen LogP contribution in [0.25, 0.3) is 0 Å². The van der Waals surface area contributed by atoms with Crippen LogP contribution in [0.5, 0.6) is 0 Å². The number of hydrogen-bond donors (Lipinski definition) is 0. The number of hydrogen-bond acceptors (Lipinski definition) is 4. The van der Waals surface area contributed by atoms with Crippen LogP contribution in [-0.4, -0.2) is 21.1 Å². The summed E-state index contributed by atoms with van der Waals surface area (Å²) in [6.45, 7) is 0. The van der Waals surface area contributed by atoms with E-state index in [2.05, 4.69) is 31.2 Å². The number of nitrogens with zero attached hydrogens (tertiary/aromatic N) is 4. The first-order valence-corrected chi connectivity index (χ1v) is 8.93. The Morgan fingerprint density at radius 1 is 1.22 bits per heavy atom. The van der Waals surface area contributed by atoms with Crippen LogP contribution in [0.15, 0.2) is 69.6 Å². The van der Waals surface area contributed by atoms with Crippen molar-refractivity contribution in [2.75, 3.05) is 0 Å². The van der Waals surface area contributed by atoms with Crippen molar-refractivity contribution in [1.29, 1.82) is 0 Å². The maximum absolute atomic E-state index is 5.89. The highest BCUT2D eigenvalue weighted by atomic mass is 79.9. The summed E-state index contributed by atoms with van der Waals surface area (Å²) in [5, 5.41) is 13.9. The minimum atomic E-state index is 0.737. The van der Waals surface area contributed by atoms with Gasteiger partial charge in [-0.2, -0.15) is 9.78 Å². The predicted molar refractivity (Wildman–Crippen MR) is 98.2 cm³/mol. The van der Waals surface area contributed by atoms with Gasteiger partial charge in [-0.25, -0.2) is 0 Å². The maximum Gasteiger partial charge on any atom is 0.212 e. The zero-order chi connectivity index (χ0) is 16.1. The molecule has 3 aromatic rings. The van der Waals surface area contributed by atoms with Crippen molar-refractivity contribution in [3.05, 3.63) is 75.5 Å². The summed E-state index contributed by atoms with van der Waals surface area (Å²) in [5.41, 5.74) is 2.17. The van der Waals surface area contributed by atoms with Gasteiger partial charge in [0, 0.05) is 15.2 Å². The van der Waals surface area contributed by atoms with Crippen molar-refractivity contribution < 1.29 is 0 Å². The van der Waals surface area contributed by atoms with Gasteiger partial charge in [0.2, 0.25) is 5.16 Å². The van der Waals surface area contributed by atoms with Crippen LogP contribution < -0.4 is 0 Å². The third kappa shape index (κ3) is 4.67. The second kappa shape index (κ2) is 7.77. The van der Waals surface area contributed by atoms with E-state index in [1.165, 1.54) is 5.56 Å². The van der Waals surface area contributed by atoms with E-state index >= 15 is 0 Å². The van der Waals surface area contributed by atoms with Crippen molar-refractivity contribution in [3.63, 3.8) is 0 Å². The van der Waals surface area contributed by atoms with Gasteiger partial charge >= 0.3 is 0 Å². The van der Waals surface area contributed by atoms with Gasteiger partial charge in [0.25, 0.3) is 0 Å². The Kier molecular flexibility index (Phi) is 5.48. The Morgan fingerprint density at radius 3 is 2.83 bits per heavy atom. The summed E-state index contributed by atoms with van der Waals surface area (Å²) in [4.78, 5) is 0. The zero-order valence-corrected chi connectivity index (χ0v) is 15.1. The average molecular weight is 408 g/mol. The molecule has 23 heavy (non-hydrogen) atoms. The Bertz CT molecular complexity index is 817. The van der Waals surface area contributed by atoms with E-state index in [1.807, 2.05) is 48.5 Å². The molecule has 1 heterocycles. The third-order valence-electron chi connectivity index (χ3n) is 2.96. The highest BCUT2D eigenvalue weighted by molar-refractivity contribution is 9.10.